The number of benzene rings is 1. The number of fused-ring (bicyclic) bond motifs is 6. The van der Waals surface area contributed by atoms with Crippen molar-refractivity contribution in [1.82, 2.24) is 14.2 Å². The molecule has 0 unspecified atom stereocenters. The van der Waals surface area contributed by atoms with E-state index in [0.717, 1.165) is 51.4 Å². The normalized spacial score (nSPS) is 38.2. The van der Waals surface area contributed by atoms with Crippen LogP contribution in [0.4, 0.5) is 5.82 Å². The Hall–Kier alpha value is -2.03. The molecule has 3 heterocycles. The number of aromatic nitrogens is 1. The van der Waals surface area contributed by atoms with Crippen molar-refractivity contribution in [2.45, 2.75) is 51.0 Å². The van der Waals surface area contributed by atoms with E-state index in [9.17, 15) is 14.7 Å². The highest BCUT2D eigenvalue weighted by Crippen LogP contribution is 2.60. The van der Waals surface area contributed by atoms with Gasteiger partial charge in [-0.2, -0.15) is 4.37 Å². The fourth-order valence-corrected chi connectivity index (χ4v) is 9.40. The van der Waals surface area contributed by atoms with Crippen LogP contribution in [-0.2, 0) is 9.59 Å². The zero-order valence-corrected chi connectivity index (χ0v) is 22.5. The second-order valence-electron chi connectivity index (χ2n) is 12.6. The standard InChI is InChI=1S/C29H38N4O3S/c1-29(36)15-20-14-22(29)25-24(20)27(34)33(28(25)35)17-19-7-3-2-6-18(19)16-31-10-12-32(13-11-31)26-21-8-4-5-9-23(21)37-30-26/h4-5,8-9,18-20,22,24-25,36H,2-3,6-7,10-17H2,1H3/t18-,19-,20+,22-,24-,25+,29-/m0/s1. The average molecular weight is 523 g/mol. The van der Waals surface area contributed by atoms with E-state index in [1.165, 1.54) is 29.3 Å². The number of hydrogen-bond acceptors (Lipinski definition) is 7. The molecular weight excluding hydrogens is 484 g/mol. The van der Waals surface area contributed by atoms with E-state index in [4.69, 9.17) is 4.37 Å². The third kappa shape index (κ3) is 3.93. The molecule has 3 aliphatic carbocycles. The van der Waals surface area contributed by atoms with Gasteiger partial charge in [-0.1, -0.05) is 25.0 Å². The van der Waals surface area contributed by atoms with Crippen LogP contribution in [0.15, 0.2) is 24.3 Å². The number of hydrogen-bond donors (Lipinski definition) is 1. The molecule has 2 bridgehead atoms. The van der Waals surface area contributed by atoms with E-state index in [1.807, 2.05) is 6.92 Å². The van der Waals surface area contributed by atoms with Crippen LogP contribution in [-0.4, -0.2) is 76.0 Å². The molecule has 2 aromatic rings. The minimum atomic E-state index is -0.794. The van der Waals surface area contributed by atoms with Crippen LogP contribution >= 0.6 is 11.5 Å². The fourth-order valence-electron chi connectivity index (χ4n) is 8.60. The maximum Gasteiger partial charge on any atom is 0.233 e. The van der Waals surface area contributed by atoms with Crippen molar-refractivity contribution in [1.29, 1.82) is 0 Å². The van der Waals surface area contributed by atoms with Gasteiger partial charge in [0, 0.05) is 50.6 Å². The van der Waals surface area contributed by atoms with Crippen molar-refractivity contribution in [2.75, 3.05) is 44.2 Å². The number of likely N-dealkylation sites (tertiary alicyclic amines) is 1. The van der Waals surface area contributed by atoms with Crippen LogP contribution in [0.5, 0.6) is 0 Å². The molecule has 0 spiro atoms. The zero-order valence-electron chi connectivity index (χ0n) is 21.7. The predicted octanol–water partition coefficient (Wildman–Crippen LogP) is 3.62. The van der Waals surface area contributed by atoms with Crippen molar-refractivity contribution in [3.8, 4) is 0 Å². The third-order valence-electron chi connectivity index (χ3n) is 10.5. The second-order valence-corrected chi connectivity index (χ2v) is 13.4. The van der Waals surface area contributed by atoms with Gasteiger partial charge >= 0.3 is 0 Å². The quantitative estimate of drug-likeness (QED) is 0.605. The summed E-state index contributed by atoms with van der Waals surface area (Å²) in [4.78, 5) is 33.5. The highest BCUT2D eigenvalue weighted by molar-refractivity contribution is 7.13. The Morgan fingerprint density at radius 1 is 1.00 bits per heavy atom. The highest BCUT2D eigenvalue weighted by atomic mass is 32.1. The van der Waals surface area contributed by atoms with E-state index < -0.39 is 5.60 Å². The van der Waals surface area contributed by atoms with Crippen LogP contribution in [0, 0.1) is 35.5 Å². The van der Waals surface area contributed by atoms with E-state index in [-0.39, 0.29) is 35.5 Å². The summed E-state index contributed by atoms with van der Waals surface area (Å²) in [7, 11) is 0. The van der Waals surface area contributed by atoms with Crippen molar-refractivity contribution in [2.24, 2.45) is 35.5 Å². The number of carbonyl (C=O) groups excluding carboxylic acids is 2. The first-order chi connectivity index (χ1) is 17.9. The molecule has 7 nitrogen and oxygen atoms in total. The topological polar surface area (TPSA) is 77.0 Å². The monoisotopic (exact) mass is 522 g/mol. The Morgan fingerprint density at radius 2 is 1.70 bits per heavy atom. The molecule has 1 aromatic carbocycles. The lowest BCUT2D eigenvalue weighted by Gasteiger charge is -2.40. The van der Waals surface area contributed by atoms with E-state index in [1.54, 1.807) is 16.4 Å². The minimum absolute atomic E-state index is 0.0101. The van der Waals surface area contributed by atoms with Gasteiger partial charge in [-0.05, 0) is 74.0 Å². The van der Waals surface area contributed by atoms with Crippen molar-refractivity contribution in [3.63, 3.8) is 0 Å². The molecule has 7 rings (SSSR count). The Balaban J connectivity index is 0.991. The lowest BCUT2D eigenvalue weighted by atomic mass is 9.73. The summed E-state index contributed by atoms with van der Waals surface area (Å²) < 4.78 is 6.00. The molecule has 1 N–H and O–H groups in total. The molecule has 2 saturated heterocycles. The summed E-state index contributed by atoms with van der Waals surface area (Å²) in [6.45, 7) is 7.53. The Labute approximate surface area is 223 Å². The molecule has 2 amide bonds. The molecule has 37 heavy (non-hydrogen) atoms. The average Bonchev–Trinajstić information content (AvgIpc) is 3.62. The molecule has 5 fully saturated rings. The van der Waals surface area contributed by atoms with Crippen molar-refractivity contribution in [3.05, 3.63) is 24.3 Å². The fraction of sp³-hybridized carbons (Fsp3) is 0.690. The highest BCUT2D eigenvalue weighted by Gasteiger charge is 2.67. The summed E-state index contributed by atoms with van der Waals surface area (Å²) in [5.41, 5.74) is -0.794. The summed E-state index contributed by atoms with van der Waals surface area (Å²) in [5, 5.41) is 12.1. The number of rotatable bonds is 5. The molecule has 8 heteroatoms. The van der Waals surface area contributed by atoms with Crippen LogP contribution < -0.4 is 4.90 Å². The number of piperazine rings is 1. The maximum atomic E-state index is 13.5. The van der Waals surface area contributed by atoms with Crippen LogP contribution in [0.1, 0.15) is 45.4 Å². The van der Waals surface area contributed by atoms with Gasteiger partial charge in [0.1, 0.15) is 5.82 Å². The molecule has 1 aromatic heterocycles. The minimum Gasteiger partial charge on any atom is -0.390 e. The van der Waals surface area contributed by atoms with Gasteiger partial charge in [-0.3, -0.25) is 19.4 Å². The summed E-state index contributed by atoms with van der Waals surface area (Å²) in [6.07, 6.45) is 6.22. The number of nitrogens with zero attached hydrogens (tertiary/aromatic N) is 4. The number of imide groups is 1. The van der Waals surface area contributed by atoms with Gasteiger partial charge in [-0.15, -0.1) is 0 Å². The molecule has 5 aliphatic rings. The molecule has 0 radical (unpaired) electrons. The predicted molar refractivity (Wildman–Crippen MR) is 144 cm³/mol. The second kappa shape index (κ2) is 9.02. The molecule has 198 valence electrons. The lowest BCUT2D eigenvalue weighted by Crippen LogP contribution is -2.49. The van der Waals surface area contributed by atoms with Gasteiger partial charge in [0.15, 0.2) is 0 Å². The SMILES string of the molecule is C[C@]1(O)C[C@H]2C[C@H]1[C@H]1C(=O)N(C[C@@H]3CCCC[C@H]3CN3CCN(c4nsc5ccccc45)CC3)C(=O)[C@@H]21. The van der Waals surface area contributed by atoms with Crippen LogP contribution in [0.3, 0.4) is 0 Å². The number of amides is 2. The lowest BCUT2D eigenvalue weighted by molar-refractivity contribution is -0.142. The van der Waals surface area contributed by atoms with E-state index in [2.05, 4.69) is 34.1 Å². The molecule has 2 aliphatic heterocycles. The van der Waals surface area contributed by atoms with Crippen molar-refractivity contribution < 1.29 is 14.7 Å². The maximum absolute atomic E-state index is 13.5. The van der Waals surface area contributed by atoms with Crippen LogP contribution in [0.2, 0.25) is 0 Å². The largest absolute Gasteiger partial charge is 0.390 e. The molecule has 3 saturated carbocycles. The van der Waals surface area contributed by atoms with E-state index >= 15 is 0 Å². The number of carbonyl (C=O) groups is 2. The van der Waals surface area contributed by atoms with Gasteiger partial charge < -0.3 is 10.0 Å². The third-order valence-corrected chi connectivity index (χ3v) is 11.3. The van der Waals surface area contributed by atoms with Gasteiger partial charge in [0.2, 0.25) is 11.8 Å². The molecular formula is C29H38N4O3S. The van der Waals surface area contributed by atoms with Crippen molar-refractivity contribution >= 4 is 39.3 Å². The Morgan fingerprint density at radius 3 is 2.49 bits per heavy atom. The number of anilines is 1. The van der Waals surface area contributed by atoms with E-state index in [0.29, 0.717) is 24.8 Å². The van der Waals surface area contributed by atoms with Gasteiger partial charge in [0.05, 0.1) is 22.1 Å². The Bertz CT molecular complexity index is 1200. The van der Waals surface area contributed by atoms with Gasteiger partial charge in [0.25, 0.3) is 0 Å². The summed E-state index contributed by atoms with van der Waals surface area (Å²) in [5.74, 6) is 1.80. The van der Waals surface area contributed by atoms with Gasteiger partial charge in [-0.25, -0.2) is 0 Å². The summed E-state index contributed by atoms with van der Waals surface area (Å²) >= 11 is 1.58. The molecule has 7 atom stereocenters. The summed E-state index contributed by atoms with van der Waals surface area (Å²) in [6, 6.07) is 8.49. The number of aliphatic hydroxyl groups is 1. The Kier molecular flexibility index (Phi) is 5.86. The van der Waals surface area contributed by atoms with Crippen LogP contribution in [0.25, 0.3) is 10.1 Å². The smallest absolute Gasteiger partial charge is 0.233 e. The first-order valence-electron chi connectivity index (χ1n) is 14.3. The first kappa shape index (κ1) is 24.0. The first-order valence-corrected chi connectivity index (χ1v) is 15.1. The zero-order chi connectivity index (χ0) is 25.3.